The molecule has 1 N–H and O–H groups in total. The van der Waals surface area contributed by atoms with Crippen LogP contribution in [0.2, 0.25) is 0 Å². The molecule has 2 aromatic heterocycles. The van der Waals surface area contributed by atoms with E-state index in [1.165, 1.54) is 23.5 Å². The Bertz CT molecular complexity index is 1710. The lowest BCUT2D eigenvalue weighted by molar-refractivity contribution is -0.120. The third kappa shape index (κ3) is 4.40. The highest BCUT2D eigenvalue weighted by atomic mass is 32.1. The molecule has 3 aromatic carbocycles. The van der Waals surface area contributed by atoms with E-state index >= 15 is 0 Å². The molecular formula is C30H26FN5O3S. The summed E-state index contributed by atoms with van der Waals surface area (Å²) in [5.41, 5.74) is 5.40. The number of nitrogens with zero attached hydrogens (tertiary/aromatic N) is 4. The third-order valence-electron chi connectivity index (χ3n) is 7.39. The van der Waals surface area contributed by atoms with E-state index in [1.54, 1.807) is 47.5 Å². The number of anilines is 1. The topological polar surface area (TPSA) is 89.3 Å². The molecule has 5 aromatic rings. The van der Waals surface area contributed by atoms with E-state index in [9.17, 15) is 14.0 Å². The number of halogens is 1. The fourth-order valence-corrected chi connectivity index (χ4v) is 5.99. The maximum atomic E-state index is 13.8. The highest BCUT2D eigenvalue weighted by Crippen LogP contribution is 2.42. The molecule has 1 aliphatic heterocycles. The van der Waals surface area contributed by atoms with Gasteiger partial charge >= 0.3 is 0 Å². The van der Waals surface area contributed by atoms with Crippen LogP contribution in [0.15, 0.2) is 78.4 Å². The Morgan fingerprint density at radius 3 is 2.45 bits per heavy atom. The molecule has 6 rings (SSSR count). The van der Waals surface area contributed by atoms with Crippen molar-refractivity contribution in [3.63, 3.8) is 0 Å². The Kier molecular flexibility index (Phi) is 6.55. The molecule has 1 fully saturated rings. The average molecular weight is 556 g/mol. The monoisotopic (exact) mass is 555 g/mol. The van der Waals surface area contributed by atoms with Crippen LogP contribution in [0, 0.1) is 18.7 Å². The Morgan fingerprint density at radius 2 is 1.77 bits per heavy atom. The summed E-state index contributed by atoms with van der Waals surface area (Å²) in [6.07, 6.45) is 1.72. The number of fused-ring (bicyclic) bond motifs is 1. The number of hydrogen-bond donors (Lipinski definition) is 1. The predicted molar refractivity (Wildman–Crippen MR) is 152 cm³/mol. The molecule has 0 saturated carbocycles. The molecule has 0 aliphatic carbocycles. The Labute approximate surface area is 234 Å². The van der Waals surface area contributed by atoms with E-state index in [1.807, 2.05) is 49.4 Å². The van der Waals surface area contributed by atoms with E-state index < -0.39 is 18.0 Å². The van der Waals surface area contributed by atoms with Crippen molar-refractivity contribution in [3.05, 3.63) is 100 Å². The molecule has 1 aliphatic rings. The SMILES string of the molecule is COc1ccc([C@@H]2[C@@H](NC(=O)c3scnc3C)[C@H](C)C(=O)N2c2ccc3c(cnn3-c3ccc(F)cc3)c2)cc1. The molecular weight excluding hydrogens is 529 g/mol. The van der Waals surface area contributed by atoms with Crippen molar-refractivity contribution in [1.82, 2.24) is 20.1 Å². The predicted octanol–water partition coefficient (Wildman–Crippen LogP) is 5.46. The van der Waals surface area contributed by atoms with Crippen LogP contribution in [0.25, 0.3) is 16.6 Å². The summed E-state index contributed by atoms with van der Waals surface area (Å²) < 4.78 is 20.5. The summed E-state index contributed by atoms with van der Waals surface area (Å²) in [7, 11) is 1.60. The lowest BCUT2D eigenvalue weighted by Gasteiger charge is -2.29. The first-order valence-corrected chi connectivity index (χ1v) is 13.7. The van der Waals surface area contributed by atoms with Gasteiger partial charge in [-0.3, -0.25) is 9.59 Å². The second-order valence-corrected chi connectivity index (χ2v) is 10.6. The average Bonchev–Trinajstić information content (AvgIpc) is 3.66. The smallest absolute Gasteiger partial charge is 0.263 e. The number of amides is 2. The number of methoxy groups -OCH3 is 1. The summed E-state index contributed by atoms with van der Waals surface area (Å²) in [6, 6.07) is 18.4. The molecule has 10 heteroatoms. The molecule has 8 nitrogen and oxygen atoms in total. The number of thiazole rings is 1. The third-order valence-corrected chi connectivity index (χ3v) is 8.32. The van der Waals surface area contributed by atoms with E-state index in [0.717, 1.165) is 22.2 Å². The van der Waals surface area contributed by atoms with Crippen LogP contribution in [0.4, 0.5) is 10.1 Å². The maximum absolute atomic E-state index is 13.8. The molecule has 2 amide bonds. The van der Waals surface area contributed by atoms with Gasteiger partial charge in [0.2, 0.25) is 5.91 Å². The van der Waals surface area contributed by atoms with Gasteiger partial charge in [-0.15, -0.1) is 11.3 Å². The molecule has 3 heterocycles. The second kappa shape index (κ2) is 10.2. The summed E-state index contributed by atoms with van der Waals surface area (Å²) >= 11 is 1.28. The van der Waals surface area contributed by atoms with E-state index in [-0.39, 0.29) is 17.6 Å². The van der Waals surface area contributed by atoms with Crippen molar-refractivity contribution < 1.29 is 18.7 Å². The molecule has 40 heavy (non-hydrogen) atoms. The standard InChI is InChI=1S/C30H26FN5O3S/c1-17-26(34-29(37)28-18(2)32-16-40-28)27(19-4-11-24(39-3)12-5-19)35(30(17)38)23-10-13-25-20(14-23)15-33-36(25)22-8-6-21(31)7-9-22/h4-17,26-27H,1-3H3,(H,34,37)/t17-,26-,27+/m0/s1. The van der Waals surface area contributed by atoms with Gasteiger partial charge in [-0.05, 0) is 67.1 Å². The van der Waals surface area contributed by atoms with Gasteiger partial charge in [-0.1, -0.05) is 19.1 Å². The van der Waals surface area contributed by atoms with Crippen molar-refractivity contribution in [2.24, 2.45) is 5.92 Å². The van der Waals surface area contributed by atoms with Crippen LogP contribution in [0.3, 0.4) is 0 Å². The van der Waals surface area contributed by atoms with Crippen molar-refractivity contribution in [1.29, 1.82) is 0 Å². The Morgan fingerprint density at radius 1 is 1.05 bits per heavy atom. The number of aromatic nitrogens is 3. The first-order valence-electron chi connectivity index (χ1n) is 12.8. The van der Waals surface area contributed by atoms with Crippen LogP contribution in [0.1, 0.15) is 33.9 Å². The van der Waals surface area contributed by atoms with Gasteiger partial charge in [0, 0.05) is 11.1 Å². The Hall–Kier alpha value is -4.57. The van der Waals surface area contributed by atoms with Gasteiger partial charge in [0.25, 0.3) is 5.91 Å². The van der Waals surface area contributed by atoms with E-state index in [4.69, 9.17) is 4.74 Å². The second-order valence-electron chi connectivity index (χ2n) is 9.76. The van der Waals surface area contributed by atoms with Crippen molar-refractivity contribution in [3.8, 4) is 11.4 Å². The molecule has 3 atom stereocenters. The first-order chi connectivity index (χ1) is 19.4. The number of rotatable bonds is 6. The van der Waals surface area contributed by atoms with Crippen LogP contribution in [0.5, 0.6) is 5.75 Å². The number of hydrogen-bond acceptors (Lipinski definition) is 6. The zero-order valence-corrected chi connectivity index (χ0v) is 22.9. The summed E-state index contributed by atoms with van der Waals surface area (Å²) in [6.45, 7) is 3.64. The number of ether oxygens (including phenoxy) is 1. The summed E-state index contributed by atoms with van der Waals surface area (Å²) in [5.74, 6) is -0.454. The van der Waals surface area contributed by atoms with Gasteiger partial charge < -0.3 is 15.0 Å². The highest BCUT2D eigenvalue weighted by Gasteiger charge is 2.48. The van der Waals surface area contributed by atoms with Crippen LogP contribution in [-0.4, -0.2) is 39.7 Å². The van der Waals surface area contributed by atoms with Crippen molar-refractivity contribution >= 4 is 39.7 Å². The van der Waals surface area contributed by atoms with Crippen LogP contribution < -0.4 is 15.0 Å². The molecule has 0 bridgehead atoms. The van der Waals surface area contributed by atoms with Crippen molar-refractivity contribution in [2.45, 2.75) is 25.9 Å². The molecule has 202 valence electrons. The van der Waals surface area contributed by atoms with E-state index in [0.29, 0.717) is 22.0 Å². The molecule has 1 saturated heterocycles. The fraction of sp³-hybridized carbons (Fsp3) is 0.200. The van der Waals surface area contributed by atoms with Crippen LogP contribution >= 0.6 is 11.3 Å². The fourth-order valence-electron chi connectivity index (χ4n) is 5.29. The molecule has 0 spiro atoms. The zero-order valence-electron chi connectivity index (χ0n) is 22.0. The summed E-state index contributed by atoms with van der Waals surface area (Å²) in [4.78, 5) is 33.6. The van der Waals surface area contributed by atoms with Gasteiger partial charge in [-0.2, -0.15) is 5.10 Å². The molecule has 0 radical (unpaired) electrons. The largest absolute Gasteiger partial charge is 0.497 e. The highest BCUT2D eigenvalue weighted by molar-refractivity contribution is 7.11. The van der Waals surface area contributed by atoms with Gasteiger partial charge in [0.1, 0.15) is 16.4 Å². The number of aryl methyl sites for hydroxylation is 1. The Balaban J connectivity index is 1.41. The first kappa shape index (κ1) is 25.7. The maximum Gasteiger partial charge on any atom is 0.263 e. The minimum Gasteiger partial charge on any atom is -0.497 e. The quantitative estimate of drug-likeness (QED) is 0.301. The molecule has 0 unspecified atom stereocenters. The number of carbonyl (C=O) groups is 2. The lowest BCUT2D eigenvalue weighted by atomic mass is 9.94. The normalized spacial score (nSPS) is 18.9. The lowest BCUT2D eigenvalue weighted by Crippen LogP contribution is -2.42. The summed E-state index contributed by atoms with van der Waals surface area (Å²) in [5, 5.41) is 8.46. The minimum absolute atomic E-state index is 0.0996. The van der Waals surface area contributed by atoms with Crippen LogP contribution in [-0.2, 0) is 4.79 Å². The van der Waals surface area contributed by atoms with Gasteiger partial charge in [-0.25, -0.2) is 14.1 Å². The number of nitrogens with one attached hydrogen (secondary N) is 1. The van der Waals surface area contributed by atoms with Gasteiger partial charge in [0.15, 0.2) is 0 Å². The minimum atomic E-state index is -0.493. The van der Waals surface area contributed by atoms with Gasteiger partial charge in [0.05, 0.1) is 53.7 Å². The zero-order chi connectivity index (χ0) is 28.0. The van der Waals surface area contributed by atoms with E-state index in [2.05, 4.69) is 15.4 Å². The number of carbonyl (C=O) groups excluding carboxylic acids is 2. The van der Waals surface area contributed by atoms with Crippen molar-refractivity contribution in [2.75, 3.05) is 12.0 Å². The number of benzene rings is 3.